The van der Waals surface area contributed by atoms with Crippen molar-refractivity contribution in [2.75, 3.05) is 12.1 Å². The lowest BCUT2D eigenvalue weighted by Crippen LogP contribution is -2.01. The van der Waals surface area contributed by atoms with Crippen LogP contribution in [0, 0.1) is 6.92 Å². The van der Waals surface area contributed by atoms with Crippen molar-refractivity contribution >= 4 is 33.2 Å². The first kappa shape index (κ1) is 13.6. The van der Waals surface area contributed by atoms with E-state index >= 15 is 0 Å². The number of anilines is 1. The number of rotatable bonds is 3. The van der Waals surface area contributed by atoms with Gasteiger partial charge in [0.2, 0.25) is 6.79 Å². The van der Waals surface area contributed by atoms with E-state index in [-0.39, 0.29) is 6.79 Å². The third-order valence-electron chi connectivity index (χ3n) is 3.18. The highest BCUT2D eigenvalue weighted by Crippen LogP contribution is 2.40. The Kier molecular flexibility index (Phi) is 3.76. The summed E-state index contributed by atoms with van der Waals surface area (Å²) in [4.78, 5) is 0. The third-order valence-corrected chi connectivity index (χ3v) is 4.08. The monoisotopic (exact) mass is 353 g/mol. The molecule has 1 heterocycles. The quantitative estimate of drug-likeness (QED) is 0.862. The molecule has 2 aromatic rings. The van der Waals surface area contributed by atoms with Crippen LogP contribution < -0.4 is 14.8 Å². The van der Waals surface area contributed by atoms with Gasteiger partial charge < -0.3 is 14.8 Å². The molecule has 0 amide bonds. The molecule has 0 aliphatic carbocycles. The zero-order valence-corrected chi connectivity index (χ0v) is 13.2. The molecule has 3 nitrogen and oxygen atoms in total. The molecule has 1 aliphatic heterocycles. The van der Waals surface area contributed by atoms with E-state index in [0.29, 0.717) is 6.54 Å². The molecule has 2 aromatic carbocycles. The Morgan fingerprint density at radius 2 is 2.15 bits per heavy atom. The minimum Gasteiger partial charge on any atom is -0.454 e. The summed E-state index contributed by atoms with van der Waals surface area (Å²) in [6.07, 6.45) is 0. The van der Waals surface area contributed by atoms with Crippen molar-refractivity contribution in [3.8, 4) is 11.5 Å². The first-order valence-corrected chi connectivity index (χ1v) is 7.39. The minimum absolute atomic E-state index is 0.272. The number of aryl methyl sites for hydroxylation is 1. The maximum absolute atomic E-state index is 6.20. The number of benzene rings is 2. The summed E-state index contributed by atoms with van der Waals surface area (Å²) in [6, 6.07) is 9.86. The second-order valence-corrected chi connectivity index (χ2v) is 5.86. The van der Waals surface area contributed by atoms with Crippen molar-refractivity contribution in [1.29, 1.82) is 0 Å². The summed E-state index contributed by atoms with van der Waals surface area (Å²) in [5.41, 5.74) is 3.18. The Bertz CT molecular complexity index is 640. The average Bonchev–Trinajstić information content (AvgIpc) is 2.87. The van der Waals surface area contributed by atoms with Gasteiger partial charge in [0, 0.05) is 6.54 Å². The first-order chi connectivity index (χ1) is 9.65. The van der Waals surface area contributed by atoms with E-state index in [9.17, 15) is 0 Å². The van der Waals surface area contributed by atoms with Gasteiger partial charge in [-0.1, -0.05) is 23.7 Å². The Morgan fingerprint density at radius 1 is 1.30 bits per heavy atom. The lowest BCUT2D eigenvalue weighted by molar-refractivity contribution is 0.173. The molecule has 0 bridgehead atoms. The number of halogens is 2. The van der Waals surface area contributed by atoms with Gasteiger partial charge in [-0.15, -0.1) is 0 Å². The maximum atomic E-state index is 6.20. The summed E-state index contributed by atoms with van der Waals surface area (Å²) < 4.78 is 11.7. The predicted octanol–water partition coefficient (Wildman–Crippen LogP) is 4.75. The maximum Gasteiger partial charge on any atom is 0.231 e. The van der Waals surface area contributed by atoms with E-state index in [0.717, 1.165) is 37.8 Å². The second kappa shape index (κ2) is 5.54. The zero-order chi connectivity index (χ0) is 14.1. The molecular weight excluding hydrogens is 342 g/mol. The van der Waals surface area contributed by atoms with Crippen LogP contribution in [0.4, 0.5) is 5.69 Å². The van der Waals surface area contributed by atoms with Gasteiger partial charge in [0.25, 0.3) is 0 Å². The van der Waals surface area contributed by atoms with E-state index in [1.165, 1.54) is 0 Å². The van der Waals surface area contributed by atoms with Crippen LogP contribution in [-0.4, -0.2) is 6.79 Å². The van der Waals surface area contributed by atoms with Gasteiger partial charge in [0.05, 0.1) is 15.2 Å². The van der Waals surface area contributed by atoms with Crippen molar-refractivity contribution in [3.63, 3.8) is 0 Å². The molecule has 0 radical (unpaired) electrons. The van der Waals surface area contributed by atoms with Crippen molar-refractivity contribution in [3.05, 3.63) is 51.0 Å². The molecule has 20 heavy (non-hydrogen) atoms. The summed E-state index contributed by atoms with van der Waals surface area (Å²) >= 11 is 9.70. The van der Waals surface area contributed by atoms with Gasteiger partial charge >= 0.3 is 0 Å². The molecule has 1 N–H and O–H groups in total. The molecule has 0 saturated carbocycles. The first-order valence-electron chi connectivity index (χ1n) is 6.22. The fourth-order valence-electron chi connectivity index (χ4n) is 2.17. The van der Waals surface area contributed by atoms with E-state index in [4.69, 9.17) is 21.1 Å². The number of ether oxygens (including phenoxy) is 2. The normalized spacial score (nSPS) is 12.6. The second-order valence-electron chi connectivity index (χ2n) is 4.60. The molecule has 1 aliphatic rings. The zero-order valence-electron chi connectivity index (χ0n) is 10.9. The smallest absolute Gasteiger partial charge is 0.231 e. The predicted molar refractivity (Wildman–Crippen MR) is 83.8 cm³/mol. The highest BCUT2D eigenvalue weighted by molar-refractivity contribution is 9.10. The fourth-order valence-corrected chi connectivity index (χ4v) is 3.06. The van der Waals surface area contributed by atoms with Crippen molar-refractivity contribution in [2.45, 2.75) is 13.5 Å². The molecule has 0 spiro atoms. The van der Waals surface area contributed by atoms with Crippen molar-refractivity contribution in [2.24, 2.45) is 0 Å². The van der Waals surface area contributed by atoms with Gasteiger partial charge in [-0.3, -0.25) is 0 Å². The average molecular weight is 355 g/mol. The summed E-state index contributed by atoms with van der Waals surface area (Å²) in [7, 11) is 0. The topological polar surface area (TPSA) is 30.5 Å². The SMILES string of the molecule is Cc1cccc(Cl)c1NCc1cc(Br)c2c(c1)OCO2. The Hall–Kier alpha value is -1.39. The van der Waals surface area contributed by atoms with Gasteiger partial charge in [0.15, 0.2) is 11.5 Å². The van der Waals surface area contributed by atoms with Crippen LogP contribution in [0.3, 0.4) is 0 Å². The van der Waals surface area contributed by atoms with Crippen LogP contribution in [0.2, 0.25) is 5.02 Å². The van der Waals surface area contributed by atoms with Crippen LogP contribution >= 0.6 is 27.5 Å². The molecule has 0 aromatic heterocycles. The lowest BCUT2D eigenvalue weighted by Gasteiger charge is -2.12. The van der Waals surface area contributed by atoms with E-state index in [1.54, 1.807) is 0 Å². The standard InChI is InChI=1S/C15H13BrClNO2/c1-9-3-2-4-12(17)14(9)18-7-10-5-11(16)15-13(6-10)19-8-20-15/h2-6,18H,7-8H2,1H3. The summed E-state index contributed by atoms with van der Waals surface area (Å²) in [5, 5.41) is 4.09. The number of nitrogens with one attached hydrogen (secondary N) is 1. The highest BCUT2D eigenvalue weighted by Gasteiger charge is 2.17. The Labute approximate surface area is 131 Å². The molecule has 5 heteroatoms. The van der Waals surface area contributed by atoms with Crippen LogP contribution in [0.5, 0.6) is 11.5 Å². The summed E-state index contributed by atoms with van der Waals surface area (Å²) in [5.74, 6) is 1.54. The highest BCUT2D eigenvalue weighted by atomic mass is 79.9. The van der Waals surface area contributed by atoms with Crippen LogP contribution in [0.25, 0.3) is 0 Å². The minimum atomic E-state index is 0.272. The molecule has 0 unspecified atom stereocenters. The molecule has 0 atom stereocenters. The van der Waals surface area contributed by atoms with E-state index in [2.05, 4.69) is 21.2 Å². The van der Waals surface area contributed by atoms with E-state index < -0.39 is 0 Å². The van der Waals surface area contributed by atoms with Gasteiger partial charge in [0.1, 0.15) is 0 Å². The third kappa shape index (κ3) is 2.58. The van der Waals surface area contributed by atoms with Crippen LogP contribution in [-0.2, 0) is 6.54 Å². The molecule has 0 saturated heterocycles. The molecule has 0 fully saturated rings. The number of hydrogen-bond acceptors (Lipinski definition) is 3. The Balaban J connectivity index is 1.81. The van der Waals surface area contributed by atoms with Gasteiger partial charge in [-0.25, -0.2) is 0 Å². The van der Waals surface area contributed by atoms with Crippen molar-refractivity contribution < 1.29 is 9.47 Å². The fraction of sp³-hybridized carbons (Fsp3) is 0.200. The number of para-hydroxylation sites is 1. The number of hydrogen-bond donors (Lipinski definition) is 1. The molecule has 104 valence electrons. The largest absolute Gasteiger partial charge is 0.454 e. The van der Waals surface area contributed by atoms with Crippen LogP contribution in [0.1, 0.15) is 11.1 Å². The van der Waals surface area contributed by atoms with E-state index in [1.807, 2.05) is 37.3 Å². The van der Waals surface area contributed by atoms with Gasteiger partial charge in [-0.05, 0) is 52.2 Å². The molecule has 3 rings (SSSR count). The lowest BCUT2D eigenvalue weighted by atomic mass is 10.1. The Morgan fingerprint density at radius 3 is 2.95 bits per heavy atom. The molecular formula is C15H13BrClNO2. The van der Waals surface area contributed by atoms with Crippen molar-refractivity contribution in [1.82, 2.24) is 0 Å². The van der Waals surface area contributed by atoms with Gasteiger partial charge in [-0.2, -0.15) is 0 Å². The summed E-state index contributed by atoms with van der Waals surface area (Å²) in [6.45, 7) is 2.97. The van der Waals surface area contributed by atoms with Crippen LogP contribution in [0.15, 0.2) is 34.8 Å². The number of fused-ring (bicyclic) bond motifs is 1.